The van der Waals surface area contributed by atoms with Gasteiger partial charge in [0.25, 0.3) is 0 Å². The molecule has 276 valence electrons. The van der Waals surface area contributed by atoms with E-state index in [2.05, 4.69) is 11.7 Å². The molecular formula is C43H51NO8. The Hall–Kier alpha value is -3.77. The van der Waals surface area contributed by atoms with E-state index >= 15 is 0 Å². The Bertz CT molecular complexity index is 1610. The smallest absolute Gasteiger partial charge is 0.187 e. The zero-order valence-electron chi connectivity index (χ0n) is 30.3. The third-order valence-corrected chi connectivity index (χ3v) is 9.24. The normalized spacial score (nSPS) is 26.2. The topological polar surface area (TPSA) is 86.2 Å². The average molecular weight is 710 g/mol. The molecule has 4 aromatic rings. The van der Waals surface area contributed by atoms with Gasteiger partial charge in [-0.05, 0) is 49.7 Å². The Morgan fingerprint density at radius 1 is 0.615 bits per heavy atom. The third kappa shape index (κ3) is 10.7. The Labute approximate surface area is 307 Å². The van der Waals surface area contributed by atoms with Gasteiger partial charge in [-0.25, -0.2) is 0 Å². The summed E-state index contributed by atoms with van der Waals surface area (Å²) in [5, 5.41) is 0. The maximum absolute atomic E-state index is 6.83. The van der Waals surface area contributed by atoms with E-state index in [-0.39, 0.29) is 25.4 Å². The maximum Gasteiger partial charge on any atom is 0.187 e. The average Bonchev–Trinajstić information content (AvgIpc) is 3.45. The highest BCUT2D eigenvalue weighted by Gasteiger charge is 2.50. The molecule has 0 aromatic heterocycles. The highest BCUT2D eigenvalue weighted by Crippen LogP contribution is 2.34. The second-order valence-corrected chi connectivity index (χ2v) is 13.7. The number of hydrogen-bond donors (Lipinski definition) is 0. The lowest BCUT2D eigenvalue weighted by molar-refractivity contribution is -0.329. The number of ether oxygens (including phenoxy) is 8. The van der Waals surface area contributed by atoms with E-state index in [1.165, 1.54) is 0 Å². The quantitative estimate of drug-likeness (QED) is 0.0995. The summed E-state index contributed by atoms with van der Waals surface area (Å²) in [5.74, 6) is -0.740. The van der Waals surface area contributed by atoms with E-state index < -0.39 is 42.5 Å². The fraction of sp³-hybridized carbons (Fsp3) is 0.419. The van der Waals surface area contributed by atoms with Gasteiger partial charge in [0, 0.05) is 0 Å². The lowest BCUT2D eigenvalue weighted by atomic mass is 9.97. The Morgan fingerprint density at radius 2 is 1.08 bits per heavy atom. The van der Waals surface area contributed by atoms with E-state index in [0.717, 1.165) is 22.3 Å². The van der Waals surface area contributed by atoms with Crippen molar-refractivity contribution in [1.29, 1.82) is 0 Å². The highest BCUT2D eigenvalue weighted by atomic mass is 16.8. The summed E-state index contributed by atoms with van der Waals surface area (Å²) in [6, 6.07) is 39.8. The zero-order chi connectivity index (χ0) is 36.2. The number of benzene rings is 4. The second-order valence-electron chi connectivity index (χ2n) is 13.7. The molecule has 0 amide bonds. The van der Waals surface area contributed by atoms with Crippen LogP contribution in [0.25, 0.3) is 0 Å². The van der Waals surface area contributed by atoms with Crippen LogP contribution >= 0.6 is 0 Å². The van der Waals surface area contributed by atoms with Crippen molar-refractivity contribution in [3.05, 3.63) is 144 Å². The van der Waals surface area contributed by atoms with Gasteiger partial charge in [0.1, 0.15) is 36.6 Å². The van der Waals surface area contributed by atoms with Crippen molar-refractivity contribution < 1.29 is 37.9 Å². The molecule has 5 unspecified atom stereocenters. The Morgan fingerprint density at radius 3 is 1.54 bits per heavy atom. The zero-order valence-corrected chi connectivity index (χ0v) is 30.3. The van der Waals surface area contributed by atoms with Crippen molar-refractivity contribution in [3.8, 4) is 0 Å². The van der Waals surface area contributed by atoms with Gasteiger partial charge in [0.15, 0.2) is 12.1 Å². The van der Waals surface area contributed by atoms with Crippen molar-refractivity contribution in [3.63, 3.8) is 0 Å². The molecular weight excluding hydrogens is 658 g/mol. The summed E-state index contributed by atoms with van der Waals surface area (Å²) in [6.07, 6.45) is -3.83. The van der Waals surface area contributed by atoms with E-state index in [4.69, 9.17) is 37.9 Å². The monoisotopic (exact) mass is 709 g/mol. The molecule has 0 spiro atoms. The molecule has 0 radical (unpaired) electrons. The van der Waals surface area contributed by atoms with Crippen molar-refractivity contribution >= 4 is 6.72 Å². The molecule has 4 aromatic carbocycles. The first-order valence-corrected chi connectivity index (χ1v) is 18.1. The van der Waals surface area contributed by atoms with Crippen LogP contribution in [-0.2, 0) is 64.3 Å². The Kier molecular flexibility index (Phi) is 13.7. The van der Waals surface area contributed by atoms with Gasteiger partial charge in [-0.15, -0.1) is 0 Å². The van der Waals surface area contributed by atoms with Gasteiger partial charge in [-0.3, -0.25) is 4.99 Å². The van der Waals surface area contributed by atoms with Crippen LogP contribution in [0.1, 0.15) is 43.0 Å². The molecule has 0 saturated carbocycles. The van der Waals surface area contributed by atoms with E-state index in [1.807, 2.05) is 142 Å². The molecule has 2 heterocycles. The molecule has 2 saturated heterocycles. The summed E-state index contributed by atoms with van der Waals surface area (Å²) in [4.78, 5) is 4.41. The standard InChI is InChI=1S/C43H51NO8/c1-31-38(52-43(2,3)51-31)36(44-4)29-49-42-41(48-28-35-23-15-8-16-24-35)40(47-27-34-21-13-7-14-22-34)39(46-26-33-19-11-6-12-20-33)37(50-42)30-45-25-32-17-9-5-10-18-32/h5-24,31,36-42H,4,25-30H2,1-3H3/t31-,36+,37?,38-,39?,40?,41?,42?/m1/s1. The van der Waals surface area contributed by atoms with Gasteiger partial charge < -0.3 is 37.9 Å². The van der Waals surface area contributed by atoms with Crippen LogP contribution in [-0.4, -0.2) is 74.7 Å². The minimum atomic E-state index is -0.860. The minimum Gasteiger partial charge on any atom is -0.374 e. The van der Waals surface area contributed by atoms with Crippen LogP contribution in [0.5, 0.6) is 0 Å². The molecule has 9 heteroatoms. The largest absolute Gasteiger partial charge is 0.374 e. The van der Waals surface area contributed by atoms with Gasteiger partial charge >= 0.3 is 0 Å². The van der Waals surface area contributed by atoms with Crippen molar-refractivity contribution in [2.24, 2.45) is 4.99 Å². The lowest BCUT2D eigenvalue weighted by Crippen LogP contribution is -2.62. The molecule has 0 N–H and O–H groups in total. The summed E-state index contributed by atoms with van der Waals surface area (Å²) >= 11 is 0. The minimum absolute atomic E-state index is 0.159. The molecule has 0 bridgehead atoms. The number of hydrogen-bond acceptors (Lipinski definition) is 9. The summed E-state index contributed by atoms with van der Waals surface area (Å²) in [7, 11) is 0. The molecule has 52 heavy (non-hydrogen) atoms. The molecule has 9 nitrogen and oxygen atoms in total. The molecule has 8 atom stereocenters. The van der Waals surface area contributed by atoms with Crippen LogP contribution in [0.3, 0.4) is 0 Å². The van der Waals surface area contributed by atoms with Gasteiger partial charge in [0.05, 0.1) is 45.7 Å². The second kappa shape index (κ2) is 18.8. The van der Waals surface area contributed by atoms with Crippen LogP contribution in [0.15, 0.2) is 126 Å². The molecule has 0 aliphatic carbocycles. The summed E-state index contributed by atoms with van der Waals surface area (Å²) in [5.41, 5.74) is 4.13. The number of aliphatic imine (C=N–C) groups is 1. The van der Waals surface area contributed by atoms with E-state index in [9.17, 15) is 0 Å². The predicted octanol–water partition coefficient (Wildman–Crippen LogP) is 7.31. The van der Waals surface area contributed by atoms with Gasteiger partial charge in [-0.1, -0.05) is 121 Å². The summed E-state index contributed by atoms with van der Waals surface area (Å²) in [6.45, 7) is 11.4. The number of nitrogens with zero attached hydrogens (tertiary/aromatic N) is 1. The Balaban J connectivity index is 1.30. The van der Waals surface area contributed by atoms with E-state index in [1.54, 1.807) is 0 Å². The van der Waals surface area contributed by atoms with Crippen LogP contribution in [0.2, 0.25) is 0 Å². The first-order chi connectivity index (χ1) is 25.4. The molecule has 2 fully saturated rings. The van der Waals surface area contributed by atoms with Gasteiger partial charge in [-0.2, -0.15) is 0 Å². The predicted molar refractivity (Wildman–Crippen MR) is 199 cm³/mol. The maximum atomic E-state index is 6.83. The summed E-state index contributed by atoms with van der Waals surface area (Å²) < 4.78 is 52.4. The van der Waals surface area contributed by atoms with Crippen molar-refractivity contribution in [2.45, 2.75) is 102 Å². The van der Waals surface area contributed by atoms with Crippen LogP contribution < -0.4 is 0 Å². The molecule has 2 aliphatic heterocycles. The van der Waals surface area contributed by atoms with Crippen molar-refractivity contribution in [1.82, 2.24) is 0 Å². The molecule has 6 rings (SSSR count). The molecule has 2 aliphatic rings. The fourth-order valence-electron chi connectivity index (χ4n) is 6.68. The SMILES string of the molecule is C=N[C@@H](COC1OC(COCc2ccccc2)C(OCc2ccccc2)C(OCc2ccccc2)C1OCc1ccccc1)[C@@H]1OC(C)(C)O[C@@H]1C. The first-order valence-electron chi connectivity index (χ1n) is 18.1. The number of rotatable bonds is 18. The van der Waals surface area contributed by atoms with Crippen molar-refractivity contribution in [2.75, 3.05) is 13.2 Å². The first kappa shape index (κ1) is 38.0. The highest BCUT2D eigenvalue weighted by molar-refractivity contribution is 5.25. The van der Waals surface area contributed by atoms with E-state index in [0.29, 0.717) is 26.4 Å². The lowest BCUT2D eigenvalue weighted by Gasteiger charge is -2.46. The third-order valence-electron chi connectivity index (χ3n) is 9.24. The van der Waals surface area contributed by atoms with Crippen LogP contribution in [0.4, 0.5) is 0 Å². The van der Waals surface area contributed by atoms with Crippen LogP contribution in [0, 0.1) is 0 Å². The fourth-order valence-corrected chi connectivity index (χ4v) is 6.68. The van der Waals surface area contributed by atoms with Gasteiger partial charge in [0.2, 0.25) is 0 Å².